The number of aromatic nitrogens is 2. The zero-order chi connectivity index (χ0) is 13.8. The van der Waals surface area contributed by atoms with Crippen LogP contribution in [0.25, 0.3) is 11.0 Å². The summed E-state index contributed by atoms with van der Waals surface area (Å²) < 4.78 is 0. The minimum atomic E-state index is -0.836. The van der Waals surface area contributed by atoms with Crippen LogP contribution >= 0.6 is 11.8 Å². The number of rotatable bonds is 6. The summed E-state index contributed by atoms with van der Waals surface area (Å²) in [7, 11) is 0. The Morgan fingerprint density at radius 1 is 1.47 bits per heavy atom. The van der Waals surface area contributed by atoms with E-state index in [1.165, 1.54) is 11.8 Å². The molecule has 0 bridgehead atoms. The Morgan fingerprint density at radius 2 is 2.21 bits per heavy atom. The summed E-state index contributed by atoms with van der Waals surface area (Å²) in [5.41, 5.74) is 1.86. The monoisotopic (exact) mass is 279 g/mol. The first-order chi connectivity index (χ1) is 9.06. The topological polar surface area (TPSA) is 78.0 Å². The van der Waals surface area contributed by atoms with Crippen molar-refractivity contribution < 1.29 is 9.90 Å². The number of benzene rings is 1. The third-order valence-corrected chi connectivity index (χ3v) is 3.55. The van der Waals surface area contributed by atoms with Crippen LogP contribution in [0.15, 0.2) is 29.4 Å². The van der Waals surface area contributed by atoms with Crippen LogP contribution in [0.2, 0.25) is 0 Å². The van der Waals surface area contributed by atoms with Crippen LogP contribution in [-0.4, -0.2) is 38.9 Å². The molecule has 0 saturated heterocycles. The molecule has 6 heteroatoms. The predicted molar refractivity (Wildman–Crippen MR) is 76.5 cm³/mol. The number of hydrogen-bond donors (Lipinski definition) is 3. The van der Waals surface area contributed by atoms with E-state index in [1.54, 1.807) is 0 Å². The van der Waals surface area contributed by atoms with Gasteiger partial charge in [0.05, 0.1) is 11.0 Å². The Morgan fingerprint density at radius 3 is 2.84 bits per heavy atom. The van der Waals surface area contributed by atoms with Crippen molar-refractivity contribution in [3.8, 4) is 0 Å². The molecule has 1 unspecified atom stereocenters. The fraction of sp³-hybridized carbons (Fsp3) is 0.385. The average molecular weight is 279 g/mol. The van der Waals surface area contributed by atoms with Gasteiger partial charge in [-0.2, -0.15) is 0 Å². The van der Waals surface area contributed by atoms with Crippen LogP contribution < -0.4 is 5.32 Å². The van der Waals surface area contributed by atoms with Gasteiger partial charge in [0.1, 0.15) is 6.04 Å². The van der Waals surface area contributed by atoms with E-state index < -0.39 is 12.0 Å². The summed E-state index contributed by atoms with van der Waals surface area (Å²) in [5.74, 6) is -0.398. The number of H-pyrrole nitrogens is 1. The number of carbonyl (C=O) groups is 1. The highest BCUT2D eigenvalue weighted by atomic mass is 32.2. The fourth-order valence-electron chi connectivity index (χ4n) is 1.75. The van der Waals surface area contributed by atoms with E-state index in [0.29, 0.717) is 5.75 Å². The first-order valence-electron chi connectivity index (χ1n) is 6.12. The van der Waals surface area contributed by atoms with Crippen molar-refractivity contribution >= 4 is 28.8 Å². The van der Waals surface area contributed by atoms with Gasteiger partial charge >= 0.3 is 5.97 Å². The number of nitrogens with one attached hydrogen (secondary N) is 2. The zero-order valence-corrected chi connectivity index (χ0v) is 11.7. The van der Waals surface area contributed by atoms with E-state index in [9.17, 15) is 4.79 Å². The van der Waals surface area contributed by atoms with Crippen LogP contribution in [0.5, 0.6) is 0 Å². The Labute approximate surface area is 115 Å². The molecule has 0 spiro atoms. The van der Waals surface area contributed by atoms with Crippen molar-refractivity contribution in [1.82, 2.24) is 15.3 Å². The lowest BCUT2D eigenvalue weighted by Gasteiger charge is -2.15. The molecule has 0 radical (unpaired) electrons. The molecule has 1 heterocycles. The van der Waals surface area contributed by atoms with Crippen molar-refractivity contribution in [2.45, 2.75) is 31.1 Å². The van der Waals surface area contributed by atoms with E-state index in [1.807, 2.05) is 38.1 Å². The molecule has 2 aromatic rings. The molecule has 19 heavy (non-hydrogen) atoms. The summed E-state index contributed by atoms with van der Waals surface area (Å²) in [6, 6.07) is 7.31. The molecule has 3 N–H and O–H groups in total. The Bertz CT molecular complexity index is 535. The Hall–Kier alpha value is -1.53. The van der Waals surface area contributed by atoms with Gasteiger partial charge < -0.3 is 15.4 Å². The third kappa shape index (κ3) is 3.71. The molecule has 1 aromatic carbocycles. The van der Waals surface area contributed by atoms with Gasteiger partial charge in [-0.3, -0.25) is 4.79 Å². The van der Waals surface area contributed by atoms with Gasteiger partial charge in [0.25, 0.3) is 0 Å². The number of carboxylic acids is 1. The molecule has 0 aliphatic heterocycles. The first kappa shape index (κ1) is 13.9. The Balaban J connectivity index is 2.02. The lowest BCUT2D eigenvalue weighted by atomic mass is 10.3. The van der Waals surface area contributed by atoms with Gasteiger partial charge in [-0.15, -0.1) is 0 Å². The number of para-hydroxylation sites is 2. The lowest BCUT2D eigenvalue weighted by Crippen LogP contribution is -2.42. The molecular weight excluding hydrogens is 262 g/mol. The third-order valence-electron chi connectivity index (χ3n) is 2.59. The zero-order valence-electron chi connectivity index (χ0n) is 10.9. The molecule has 2 rings (SSSR count). The first-order valence-corrected chi connectivity index (χ1v) is 7.11. The van der Waals surface area contributed by atoms with Crippen molar-refractivity contribution in [1.29, 1.82) is 0 Å². The van der Waals surface area contributed by atoms with E-state index >= 15 is 0 Å². The van der Waals surface area contributed by atoms with Crippen LogP contribution in [0, 0.1) is 0 Å². The second-order valence-electron chi connectivity index (χ2n) is 4.58. The van der Waals surface area contributed by atoms with Crippen LogP contribution in [0.1, 0.15) is 13.8 Å². The van der Waals surface area contributed by atoms with Gasteiger partial charge in [-0.1, -0.05) is 37.7 Å². The smallest absolute Gasteiger partial charge is 0.321 e. The number of aromatic amines is 1. The summed E-state index contributed by atoms with van der Waals surface area (Å²) in [6.07, 6.45) is 0. The summed E-state index contributed by atoms with van der Waals surface area (Å²) in [5, 5.41) is 12.9. The normalized spacial score (nSPS) is 13.0. The second-order valence-corrected chi connectivity index (χ2v) is 5.59. The summed E-state index contributed by atoms with van der Waals surface area (Å²) >= 11 is 1.41. The maximum absolute atomic E-state index is 11.1. The molecule has 5 nitrogen and oxygen atoms in total. The van der Waals surface area contributed by atoms with Crippen LogP contribution in [0.4, 0.5) is 0 Å². The number of hydrogen-bond acceptors (Lipinski definition) is 4. The number of fused-ring (bicyclic) bond motifs is 1. The number of carboxylic acid groups (broad SMARTS) is 1. The molecule has 0 aliphatic rings. The van der Waals surface area contributed by atoms with Crippen molar-refractivity contribution in [2.75, 3.05) is 5.75 Å². The minimum Gasteiger partial charge on any atom is -0.480 e. The maximum atomic E-state index is 11.1. The van der Waals surface area contributed by atoms with Gasteiger partial charge in [0.2, 0.25) is 0 Å². The van der Waals surface area contributed by atoms with E-state index in [2.05, 4.69) is 15.3 Å². The molecule has 0 amide bonds. The highest BCUT2D eigenvalue weighted by molar-refractivity contribution is 7.99. The number of thioether (sulfide) groups is 1. The number of imidazole rings is 1. The van der Waals surface area contributed by atoms with Crippen LogP contribution in [-0.2, 0) is 4.79 Å². The molecule has 1 aromatic heterocycles. The molecule has 0 fully saturated rings. The summed E-state index contributed by atoms with van der Waals surface area (Å²) in [6.45, 7) is 3.86. The molecule has 0 aliphatic carbocycles. The van der Waals surface area contributed by atoms with Crippen molar-refractivity contribution in [3.63, 3.8) is 0 Å². The minimum absolute atomic E-state index is 0.136. The molecule has 0 saturated carbocycles. The molecular formula is C13H17N3O2S. The largest absolute Gasteiger partial charge is 0.480 e. The van der Waals surface area contributed by atoms with E-state index in [-0.39, 0.29) is 6.04 Å². The molecule has 102 valence electrons. The molecule has 1 atom stereocenters. The second kappa shape index (κ2) is 6.08. The van der Waals surface area contributed by atoms with Crippen molar-refractivity contribution in [3.05, 3.63) is 24.3 Å². The number of nitrogens with zero attached hydrogens (tertiary/aromatic N) is 1. The summed E-state index contributed by atoms with van der Waals surface area (Å²) in [4.78, 5) is 18.7. The average Bonchev–Trinajstić information content (AvgIpc) is 2.76. The van der Waals surface area contributed by atoms with Gasteiger partial charge in [-0.05, 0) is 12.1 Å². The standard InChI is InChI=1S/C13H17N3O2S/c1-8(2)14-11(12(17)18)7-19-13-15-9-5-3-4-6-10(9)16-13/h3-6,8,11,14H,7H2,1-2H3,(H,15,16)(H,17,18). The fourth-order valence-corrected chi connectivity index (χ4v) is 2.66. The SMILES string of the molecule is CC(C)NC(CSc1nc2ccccc2[nH]1)C(=O)O. The maximum Gasteiger partial charge on any atom is 0.321 e. The van der Waals surface area contributed by atoms with Gasteiger partial charge in [-0.25, -0.2) is 4.98 Å². The quantitative estimate of drug-likeness (QED) is 0.706. The van der Waals surface area contributed by atoms with Gasteiger partial charge in [0, 0.05) is 11.8 Å². The lowest BCUT2D eigenvalue weighted by molar-refractivity contribution is -0.139. The highest BCUT2D eigenvalue weighted by Gasteiger charge is 2.18. The van der Waals surface area contributed by atoms with Crippen molar-refractivity contribution in [2.24, 2.45) is 0 Å². The van der Waals surface area contributed by atoms with E-state index in [0.717, 1.165) is 16.2 Å². The Kier molecular flexibility index (Phi) is 4.44. The highest BCUT2D eigenvalue weighted by Crippen LogP contribution is 2.19. The van der Waals surface area contributed by atoms with E-state index in [4.69, 9.17) is 5.11 Å². The predicted octanol–water partition coefficient (Wildman–Crippen LogP) is 2.11. The van der Waals surface area contributed by atoms with Gasteiger partial charge in [0.15, 0.2) is 5.16 Å². The van der Waals surface area contributed by atoms with Crippen LogP contribution in [0.3, 0.4) is 0 Å². The number of aliphatic carboxylic acids is 1.